The largest absolute Gasteiger partial charge is 0.0838 e. The lowest BCUT2D eigenvalue weighted by molar-refractivity contribution is 0.574. The maximum absolute atomic E-state index is 3.84. The van der Waals surface area contributed by atoms with Gasteiger partial charge in [-0.3, -0.25) is 0 Å². The van der Waals surface area contributed by atoms with E-state index >= 15 is 0 Å². The lowest BCUT2D eigenvalue weighted by Gasteiger charge is -2.14. The van der Waals surface area contributed by atoms with E-state index in [1.807, 2.05) is 0 Å². The first-order valence-corrected chi connectivity index (χ1v) is 10.2. The van der Waals surface area contributed by atoms with Gasteiger partial charge in [0.05, 0.1) is 0 Å². The van der Waals surface area contributed by atoms with Gasteiger partial charge in [-0.1, -0.05) is 99.7 Å². The molecule has 1 unspecified atom stereocenters. The molecule has 0 saturated heterocycles. The van der Waals surface area contributed by atoms with Crippen LogP contribution in [-0.2, 0) is 0 Å². The second-order valence-electron chi connectivity index (χ2n) is 5.50. The number of aryl methyl sites for hydroxylation is 1. The fourth-order valence-electron chi connectivity index (χ4n) is 2.34. The zero-order valence-electron chi connectivity index (χ0n) is 12.5. The molecule has 0 saturated carbocycles. The van der Waals surface area contributed by atoms with Crippen LogP contribution < -0.4 is 0 Å². The fourth-order valence-corrected chi connectivity index (χ4v) is 4.44. The molecular formula is C17H25Br3. The highest BCUT2D eigenvalue weighted by Gasteiger charge is 2.12. The van der Waals surface area contributed by atoms with E-state index in [1.54, 1.807) is 0 Å². The third kappa shape index (κ3) is 6.62. The van der Waals surface area contributed by atoms with Crippen molar-refractivity contribution >= 4 is 47.8 Å². The minimum Gasteiger partial charge on any atom is -0.0838 e. The summed E-state index contributed by atoms with van der Waals surface area (Å²) in [4.78, 5) is 0.449. The Morgan fingerprint density at radius 1 is 0.900 bits per heavy atom. The number of alkyl halides is 1. The van der Waals surface area contributed by atoms with Gasteiger partial charge in [-0.25, -0.2) is 0 Å². The van der Waals surface area contributed by atoms with Crippen LogP contribution in [0.5, 0.6) is 0 Å². The predicted molar refractivity (Wildman–Crippen MR) is 101 cm³/mol. The normalized spacial score (nSPS) is 12.7. The second kappa shape index (κ2) is 10.4. The standard InChI is InChI=1S/C17H25Br3/c1-3-4-5-6-7-8-9-10-15(18)14-12-16(19)13(2)11-17(14)20/h11-12,15H,3-10H2,1-2H3. The highest BCUT2D eigenvalue weighted by Crippen LogP contribution is 2.36. The summed E-state index contributed by atoms with van der Waals surface area (Å²) in [7, 11) is 0. The summed E-state index contributed by atoms with van der Waals surface area (Å²) in [6.07, 6.45) is 10.8. The molecule has 0 aliphatic carbocycles. The topological polar surface area (TPSA) is 0 Å². The number of halogens is 3. The first-order chi connectivity index (χ1) is 9.56. The van der Waals surface area contributed by atoms with Crippen LogP contribution in [-0.4, -0.2) is 0 Å². The molecule has 1 atom stereocenters. The zero-order valence-corrected chi connectivity index (χ0v) is 17.3. The summed E-state index contributed by atoms with van der Waals surface area (Å²) >= 11 is 11.1. The Morgan fingerprint density at radius 2 is 1.50 bits per heavy atom. The Balaban J connectivity index is 2.32. The molecule has 0 aromatic heterocycles. The summed E-state index contributed by atoms with van der Waals surface area (Å²) in [6, 6.07) is 4.43. The van der Waals surface area contributed by atoms with E-state index in [4.69, 9.17) is 0 Å². The summed E-state index contributed by atoms with van der Waals surface area (Å²) in [5.41, 5.74) is 2.63. The summed E-state index contributed by atoms with van der Waals surface area (Å²) in [6.45, 7) is 4.39. The SMILES string of the molecule is CCCCCCCCCC(Br)c1cc(Br)c(C)cc1Br. The minimum atomic E-state index is 0.449. The Bertz CT molecular complexity index is 401. The molecule has 1 aromatic carbocycles. The molecule has 0 N–H and O–H groups in total. The summed E-state index contributed by atoms with van der Waals surface area (Å²) < 4.78 is 2.41. The van der Waals surface area contributed by atoms with Crippen molar-refractivity contribution in [2.24, 2.45) is 0 Å². The van der Waals surface area contributed by atoms with Crippen LogP contribution in [0.3, 0.4) is 0 Å². The van der Waals surface area contributed by atoms with Crippen LogP contribution >= 0.6 is 47.8 Å². The molecule has 0 nitrogen and oxygen atoms in total. The van der Waals surface area contributed by atoms with E-state index < -0.39 is 0 Å². The molecule has 0 aliphatic rings. The van der Waals surface area contributed by atoms with E-state index in [0.717, 1.165) is 0 Å². The molecule has 20 heavy (non-hydrogen) atoms. The smallest absolute Gasteiger partial charge is 0.0406 e. The van der Waals surface area contributed by atoms with E-state index in [2.05, 4.69) is 73.8 Å². The van der Waals surface area contributed by atoms with E-state index in [-0.39, 0.29) is 0 Å². The summed E-state index contributed by atoms with van der Waals surface area (Å²) in [5, 5.41) is 0. The van der Waals surface area contributed by atoms with Crippen LogP contribution in [0.2, 0.25) is 0 Å². The molecule has 3 heteroatoms. The summed E-state index contributed by atoms with van der Waals surface area (Å²) in [5.74, 6) is 0. The van der Waals surface area contributed by atoms with Gasteiger partial charge in [0.25, 0.3) is 0 Å². The van der Waals surface area contributed by atoms with Crippen molar-refractivity contribution in [3.63, 3.8) is 0 Å². The number of hydrogen-bond acceptors (Lipinski definition) is 0. The van der Waals surface area contributed by atoms with Crippen LogP contribution in [0.4, 0.5) is 0 Å². The van der Waals surface area contributed by atoms with Gasteiger partial charge in [0.15, 0.2) is 0 Å². The Labute approximate surface area is 149 Å². The molecule has 0 fully saturated rings. The molecule has 0 heterocycles. The quantitative estimate of drug-likeness (QED) is 0.253. The van der Waals surface area contributed by atoms with Crippen molar-refractivity contribution in [3.8, 4) is 0 Å². The molecule has 0 bridgehead atoms. The van der Waals surface area contributed by atoms with Gasteiger partial charge in [0.2, 0.25) is 0 Å². The molecule has 1 aromatic rings. The van der Waals surface area contributed by atoms with Gasteiger partial charge in [0.1, 0.15) is 0 Å². The van der Waals surface area contributed by atoms with Crippen LogP contribution in [0.1, 0.15) is 74.2 Å². The van der Waals surface area contributed by atoms with Crippen molar-refractivity contribution in [2.75, 3.05) is 0 Å². The third-order valence-electron chi connectivity index (χ3n) is 3.68. The van der Waals surface area contributed by atoms with Crippen LogP contribution in [0, 0.1) is 6.92 Å². The van der Waals surface area contributed by atoms with Crippen molar-refractivity contribution in [1.82, 2.24) is 0 Å². The number of unbranched alkanes of at least 4 members (excludes halogenated alkanes) is 6. The number of benzene rings is 1. The first-order valence-electron chi connectivity index (χ1n) is 7.65. The minimum absolute atomic E-state index is 0.449. The van der Waals surface area contributed by atoms with Crippen molar-refractivity contribution in [2.45, 2.75) is 70.0 Å². The first kappa shape index (κ1) is 18.7. The van der Waals surface area contributed by atoms with Crippen molar-refractivity contribution in [1.29, 1.82) is 0 Å². The van der Waals surface area contributed by atoms with Gasteiger partial charge in [-0.2, -0.15) is 0 Å². The lowest BCUT2D eigenvalue weighted by atomic mass is 10.0. The second-order valence-corrected chi connectivity index (χ2v) is 8.31. The lowest BCUT2D eigenvalue weighted by Crippen LogP contribution is -1.94. The molecule has 0 amide bonds. The van der Waals surface area contributed by atoms with E-state index in [0.29, 0.717) is 4.83 Å². The number of hydrogen-bond donors (Lipinski definition) is 0. The molecule has 0 radical (unpaired) electrons. The molecule has 114 valence electrons. The van der Waals surface area contributed by atoms with Gasteiger partial charge < -0.3 is 0 Å². The van der Waals surface area contributed by atoms with Gasteiger partial charge in [0, 0.05) is 13.8 Å². The fraction of sp³-hybridized carbons (Fsp3) is 0.647. The average Bonchev–Trinajstić information content (AvgIpc) is 2.41. The Hall–Kier alpha value is 0.660. The van der Waals surface area contributed by atoms with Crippen LogP contribution in [0.25, 0.3) is 0 Å². The van der Waals surface area contributed by atoms with Gasteiger partial charge in [-0.15, -0.1) is 0 Å². The molecular weight excluding hydrogens is 444 g/mol. The highest BCUT2D eigenvalue weighted by atomic mass is 79.9. The molecule has 0 spiro atoms. The average molecular weight is 469 g/mol. The Kier molecular flexibility index (Phi) is 9.73. The third-order valence-corrected chi connectivity index (χ3v) is 6.17. The number of rotatable bonds is 9. The van der Waals surface area contributed by atoms with Crippen LogP contribution in [0.15, 0.2) is 21.1 Å². The van der Waals surface area contributed by atoms with Crippen molar-refractivity contribution < 1.29 is 0 Å². The maximum atomic E-state index is 3.84. The monoisotopic (exact) mass is 466 g/mol. The van der Waals surface area contributed by atoms with Gasteiger partial charge >= 0.3 is 0 Å². The Morgan fingerprint density at radius 3 is 2.15 bits per heavy atom. The van der Waals surface area contributed by atoms with E-state index in [1.165, 1.54) is 71.4 Å². The van der Waals surface area contributed by atoms with E-state index in [9.17, 15) is 0 Å². The highest BCUT2D eigenvalue weighted by molar-refractivity contribution is 9.11. The van der Waals surface area contributed by atoms with Crippen molar-refractivity contribution in [3.05, 3.63) is 32.2 Å². The predicted octanol–water partition coefficient (Wildman–Crippen LogP) is 8.10. The molecule has 1 rings (SSSR count). The van der Waals surface area contributed by atoms with Gasteiger partial charge in [-0.05, 0) is 36.6 Å². The molecule has 0 aliphatic heterocycles. The maximum Gasteiger partial charge on any atom is 0.0406 e. The zero-order chi connectivity index (χ0) is 15.0.